The zero-order valence-electron chi connectivity index (χ0n) is 10.5. The average Bonchev–Trinajstić information content (AvgIpc) is 2.40. The van der Waals surface area contributed by atoms with Crippen LogP contribution in [-0.2, 0) is 6.42 Å². The number of ketones is 1. The van der Waals surface area contributed by atoms with Gasteiger partial charge in [-0.3, -0.25) is 4.79 Å². The van der Waals surface area contributed by atoms with Crippen molar-refractivity contribution in [2.45, 2.75) is 13.3 Å². The van der Waals surface area contributed by atoms with Gasteiger partial charge in [0.25, 0.3) is 0 Å². The zero-order chi connectivity index (χ0) is 12.8. The van der Waals surface area contributed by atoms with Gasteiger partial charge in [-0.15, -0.1) is 0 Å². The first-order valence-corrected chi connectivity index (χ1v) is 6.07. The van der Waals surface area contributed by atoms with E-state index in [0.29, 0.717) is 0 Å². The molecule has 1 heteroatoms. The Morgan fingerprint density at radius 2 is 1.83 bits per heavy atom. The van der Waals surface area contributed by atoms with Gasteiger partial charge in [-0.25, -0.2) is 0 Å². The van der Waals surface area contributed by atoms with Crippen LogP contribution in [0.5, 0.6) is 0 Å². The van der Waals surface area contributed by atoms with E-state index in [4.69, 9.17) is 0 Å². The number of carbonyl (C=O) groups excluding carboxylic acids is 1. The number of carbonyl (C=O) groups is 1. The molecule has 0 heterocycles. The molecule has 0 saturated carbocycles. The molecule has 0 fully saturated rings. The molecule has 0 spiro atoms. The van der Waals surface area contributed by atoms with Crippen LogP contribution in [0.15, 0.2) is 66.7 Å². The van der Waals surface area contributed by atoms with Crippen LogP contribution in [0.2, 0.25) is 0 Å². The number of aryl methyl sites for hydroxylation is 1. The second kappa shape index (κ2) is 5.97. The second-order valence-electron chi connectivity index (χ2n) is 4.33. The number of hydrogen-bond acceptors (Lipinski definition) is 1. The molecule has 90 valence electrons. The SMILES string of the molecule is Cc1cccc(C(=O)/C=C/Cc2ccccc2)c1. The standard InChI is InChI=1S/C17H16O/c1-14-7-5-11-16(13-14)17(18)12-6-10-15-8-3-2-4-9-15/h2-9,11-13H,10H2,1H3/b12-6+. The summed E-state index contributed by atoms with van der Waals surface area (Å²) in [5.41, 5.74) is 3.07. The van der Waals surface area contributed by atoms with Gasteiger partial charge in [0.15, 0.2) is 5.78 Å². The van der Waals surface area contributed by atoms with E-state index in [2.05, 4.69) is 12.1 Å². The lowest BCUT2D eigenvalue weighted by molar-refractivity contribution is 0.104. The van der Waals surface area contributed by atoms with Crippen LogP contribution in [0.3, 0.4) is 0 Å². The first-order chi connectivity index (χ1) is 8.75. The molecule has 0 unspecified atom stereocenters. The molecule has 0 radical (unpaired) electrons. The highest BCUT2D eigenvalue weighted by Crippen LogP contribution is 2.06. The van der Waals surface area contributed by atoms with E-state index in [1.54, 1.807) is 6.08 Å². The minimum Gasteiger partial charge on any atom is -0.289 e. The van der Waals surface area contributed by atoms with Crippen LogP contribution in [-0.4, -0.2) is 5.78 Å². The van der Waals surface area contributed by atoms with E-state index in [1.165, 1.54) is 5.56 Å². The maximum absolute atomic E-state index is 11.9. The summed E-state index contributed by atoms with van der Waals surface area (Å²) in [7, 11) is 0. The summed E-state index contributed by atoms with van der Waals surface area (Å²) in [5.74, 6) is 0.0645. The lowest BCUT2D eigenvalue weighted by Gasteiger charge is -1.98. The quantitative estimate of drug-likeness (QED) is 0.579. The molecule has 0 bridgehead atoms. The largest absolute Gasteiger partial charge is 0.289 e. The van der Waals surface area contributed by atoms with Gasteiger partial charge >= 0.3 is 0 Å². The minimum absolute atomic E-state index is 0.0645. The summed E-state index contributed by atoms with van der Waals surface area (Å²) in [6.07, 6.45) is 4.36. The molecular weight excluding hydrogens is 220 g/mol. The first-order valence-electron chi connectivity index (χ1n) is 6.07. The van der Waals surface area contributed by atoms with Gasteiger partial charge in [0.2, 0.25) is 0 Å². The molecule has 0 aliphatic rings. The van der Waals surface area contributed by atoms with E-state index >= 15 is 0 Å². The summed E-state index contributed by atoms with van der Waals surface area (Å²) >= 11 is 0. The molecule has 0 atom stereocenters. The van der Waals surface area contributed by atoms with Crippen LogP contribution in [0.25, 0.3) is 0 Å². The highest BCUT2D eigenvalue weighted by atomic mass is 16.1. The monoisotopic (exact) mass is 236 g/mol. The Kier molecular flexibility index (Phi) is 4.08. The molecule has 2 aromatic rings. The second-order valence-corrected chi connectivity index (χ2v) is 4.33. The van der Waals surface area contributed by atoms with Gasteiger partial charge in [-0.2, -0.15) is 0 Å². The fourth-order valence-corrected chi connectivity index (χ4v) is 1.81. The highest BCUT2D eigenvalue weighted by Gasteiger charge is 2.00. The Labute approximate surface area is 108 Å². The van der Waals surface area contributed by atoms with Crippen molar-refractivity contribution in [3.8, 4) is 0 Å². The molecule has 0 amide bonds. The smallest absolute Gasteiger partial charge is 0.185 e. The van der Waals surface area contributed by atoms with Crippen molar-refractivity contribution in [1.82, 2.24) is 0 Å². The van der Waals surface area contributed by atoms with Gasteiger partial charge in [0, 0.05) is 5.56 Å². The van der Waals surface area contributed by atoms with Crippen molar-refractivity contribution >= 4 is 5.78 Å². The van der Waals surface area contributed by atoms with Crippen LogP contribution in [0.1, 0.15) is 21.5 Å². The van der Waals surface area contributed by atoms with Crippen molar-refractivity contribution in [3.05, 3.63) is 83.4 Å². The number of hydrogen-bond donors (Lipinski definition) is 0. The third-order valence-corrected chi connectivity index (χ3v) is 2.77. The average molecular weight is 236 g/mol. The third kappa shape index (κ3) is 3.42. The van der Waals surface area contributed by atoms with Gasteiger partial charge in [-0.1, -0.05) is 60.2 Å². The van der Waals surface area contributed by atoms with Crippen molar-refractivity contribution < 1.29 is 4.79 Å². The lowest BCUT2D eigenvalue weighted by Crippen LogP contribution is -1.94. The van der Waals surface area contributed by atoms with Crippen molar-refractivity contribution in [3.63, 3.8) is 0 Å². The van der Waals surface area contributed by atoms with E-state index in [9.17, 15) is 4.79 Å². The van der Waals surface area contributed by atoms with E-state index in [-0.39, 0.29) is 5.78 Å². The summed E-state index contributed by atoms with van der Waals surface area (Å²) < 4.78 is 0. The highest BCUT2D eigenvalue weighted by molar-refractivity contribution is 6.04. The van der Waals surface area contributed by atoms with E-state index in [0.717, 1.165) is 17.5 Å². The number of allylic oxidation sites excluding steroid dienone is 2. The number of benzene rings is 2. The van der Waals surface area contributed by atoms with Gasteiger partial charge in [0.05, 0.1) is 0 Å². The molecule has 2 aromatic carbocycles. The predicted octanol–water partition coefficient (Wildman–Crippen LogP) is 3.98. The van der Waals surface area contributed by atoms with E-state index in [1.807, 2.05) is 55.5 Å². The Balaban J connectivity index is 1.99. The summed E-state index contributed by atoms with van der Waals surface area (Å²) in [4.78, 5) is 11.9. The topological polar surface area (TPSA) is 17.1 Å². The van der Waals surface area contributed by atoms with E-state index < -0.39 is 0 Å². The Hall–Kier alpha value is -2.15. The fourth-order valence-electron chi connectivity index (χ4n) is 1.81. The van der Waals surface area contributed by atoms with Gasteiger partial charge < -0.3 is 0 Å². The van der Waals surface area contributed by atoms with Crippen molar-refractivity contribution in [2.24, 2.45) is 0 Å². The minimum atomic E-state index is 0.0645. The molecule has 18 heavy (non-hydrogen) atoms. The Morgan fingerprint density at radius 3 is 2.56 bits per heavy atom. The number of rotatable bonds is 4. The maximum Gasteiger partial charge on any atom is 0.185 e. The molecule has 0 aliphatic carbocycles. The fraction of sp³-hybridized carbons (Fsp3) is 0.118. The molecule has 0 N–H and O–H groups in total. The zero-order valence-corrected chi connectivity index (χ0v) is 10.5. The summed E-state index contributed by atoms with van der Waals surface area (Å²) in [5, 5.41) is 0. The van der Waals surface area contributed by atoms with Gasteiger partial charge in [-0.05, 0) is 31.1 Å². The van der Waals surface area contributed by atoms with Gasteiger partial charge in [0.1, 0.15) is 0 Å². The predicted molar refractivity (Wildman–Crippen MR) is 74.8 cm³/mol. The molecular formula is C17H16O. The van der Waals surface area contributed by atoms with Crippen molar-refractivity contribution in [2.75, 3.05) is 0 Å². The Bertz CT molecular complexity index is 553. The first kappa shape index (κ1) is 12.3. The molecule has 2 rings (SSSR count). The third-order valence-electron chi connectivity index (χ3n) is 2.77. The van der Waals surface area contributed by atoms with Crippen molar-refractivity contribution in [1.29, 1.82) is 0 Å². The summed E-state index contributed by atoms with van der Waals surface area (Å²) in [6, 6.07) is 17.8. The Morgan fingerprint density at radius 1 is 1.06 bits per heavy atom. The lowest BCUT2D eigenvalue weighted by atomic mass is 10.1. The molecule has 0 aliphatic heterocycles. The van der Waals surface area contributed by atoms with Crippen LogP contribution in [0, 0.1) is 6.92 Å². The van der Waals surface area contributed by atoms with Crippen LogP contribution in [0.4, 0.5) is 0 Å². The van der Waals surface area contributed by atoms with Crippen LogP contribution < -0.4 is 0 Å². The normalized spacial score (nSPS) is 10.7. The maximum atomic E-state index is 11.9. The summed E-state index contributed by atoms with van der Waals surface area (Å²) in [6.45, 7) is 1.99. The van der Waals surface area contributed by atoms with Crippen LogP contribution >= 0.6 is 0 Å². The molecule has 0 saturated heterocycles. The molecule has 1 nitrogen and oxygen atoms in total. The molecule has 0 aromatic heterocycles.